The third-order valence-corrected chi connectivity index (χ3v) is 6.18. The monoisotopic (exact) mass is 437 g/mol. The van der Waals surface area contributed by atoms with Crippen molar-refractivity contribution in [2.24, 2.45) is 5.14 Å². The van der Waals surface area contributed by atoms with Gasteiger partial charge in [-0.1, -0.05) is 6.07 Å². The van der Waals surface area contributed by atoms with E-state index in [2.05, 4.69) is 27.5 Å². The maximum Gasteiger partial charge on any atom is 0.222 e. The number of ether oxygens (including phenoxy) is 1. The van der Waals surface area contributed by atoms with E-state index in [9.17, 15) is 12.8 Å². The molecular formula is C20H28FN5O3S. The Kier molecular flexibility index (Phi) is 7.22. The molecule has 0 spiro atoms. The first kappa shape index (κ1) is 22.4. The third kappa shape index (κ3) is 6.10. The van der Waals surface area contributed by atoms with E-state index in [1.54, 1.807) is 24.5 Å². The molecule has 1 aliphatic rings. The van der Waals surface area contributed by atoms with Crippen LogP contribution >= 0.6 is 0 Å². The van der Waals surface area contributed by atoms with Gasteiger partial charge in [0.2, 0.25) is 16.0 Å². The number of methoxy groups -OCH3 is 1. The Morgan fingerprint density at radius 3 is 2.70 bits per heavy atom. The summed E-state index contributed by atoms with van der Waals surface area (Å²) in [7, 11) is -2.05. The predicted molar refractivity (Wildman–Crippen MR) is 113 cm³/mol. The quantitative estimate of drug-likeness (QED) is 0.551. The fourth-order valence-corrected chi connectivity index (χ4v) is 4.16. The summed E-state index contributed by atoms with van der Waals surface area (Å²) in [5.41, 5.74) is 2.04. The van der Waals surface area contributed by atoms with Gasteiger partial charge >= 0.3 is 0 Å². The van der Waals surface area contributed by atoms with Crippen LogP contribution in [0.3, 0.4) is 0 Å². The highest BCUT2D eigenvalue weighted by Crippen LogP contribution is 2.35. The van der Waals surface area contributed by atoms with Gasteiger partial charge in [0.05, 0.1) is 12.9 Å². The Labute approximate surface area is 176 Å². The molecule has 1 aliphatic carbocycles. The molecule has 0 radical (unpaired) electrons. The Bertz CT molecular complexity index is 955. The van der Waals surface area contributed by atoms with Gasteiger partial charge in [-0.3, -0.25) is 0 Å². The molecule has 1 heterocycles. The SMILES string of the molecule is COc1cc(C(C)NC2CCC(c3cnc(NCCS(N)(=O)=O)nc3)C2)ccc1F. The van der Waals surface area contributed by atoms with Crippen molar-refractivity contribution in [3.8, 4) is 5.75 Å². The van der Waals surface area contributed by atoms with Gasteiger partial charge in [0.25, 0.3) is 0 Å². The number of benzene rings is 1. The molecule has 1 aromatic carbocycles. The lowest BCUT2D eigenvalue weighted by Crippen LogP contribution is -2.29. The zero-order valence-corrected chi connectivity index (χ0v) is 18.0. The molecule has 8 nitrogen and oxygen atoms in total. The molecular weight excluding hydrogens is 409 g/mol. The molecule has 0 bridgehead atoms. The molecule has 1 aromatic heterocycles. The summed E-state index contributed by atoms with van der Waals surface area (Å²) in [5, 5.41) is 11.4. The summed E-state index contributed by atoms with van der Waals surface area (Å²) in [5.74, 6) is 0.453. The number of nitrogens with two attached hydrogens (primary N) is 1. The van der Waals surface area contributed by atoms with Crippen LogP contribution in [0.4, 0.5) is 10.3 Å². The van der Waals surface area contributed by atoms with Crippen molar-refractivity contribution in [2.45, 2.75) is 44.2 Å². The lowest BCUT2D eigenvalue weighted by molar-refractivity contribution is 0.384. The van der Waals surface area contributed by atoms with Gasteiger partial charge < -0.3 is 15.4 Å². The first-order chi connectivity index (χ1) is 14.2. The molecule has 10 heteroatoms. The highest BCUT2D eigenvalue weighted by atomic mass is 32.2. The van der Waals surface area contributed by atoms with E-state index in [-0.39, 0.29) is 29.9 Å². The Balaban J connectivity index is 1.52. The van der Waals surface area contributed by atoms with E-state index < -0.39 is 10.0 Å². The summed E-state index contributed by atoms with van der Waals surface area (Å²) in [6.07, 6.45) is 6.59. The predicted octanol–water partition coefficient (Wildman–Crippen LogP) is 2.31. The van der Waals surface area contributed by atoms with Crippen LogP contribution in [0.5, 0.6) is 5.75 Å². The van der Waals surface area contributed by atoms with Gasteiger partial charge in [0, 0.05) is 31.0 Å². The number of nitrogens with zero attached hydrogens (tertiary/aromatic N) is 2. The minimum absolute atomic E-state index is 0.0740. The largest absolute Gasteiger partial charge is 0.494 e. The van der Waals surface area contributed by atoms with Gasteiger partial charge in [-0.2, -0.15) is 0 Å². The number of anilines is 1. The Morgan fingerprint density at radius 2 is 2.03 bits per heavy atom. The van der Waals surface area contributed by atoms with Crippen molar-refractivity contribution in [2.75, 3.05) is 24.7 Å². The maximum atomic E-state index is 13.6. The molecule has 1 saturated carbocycles. The van der Waals surface area contributed by atoms with Crippen molar-refractivity contribution in [3.63, 3.8) is 0 Å². The van der Waals surface area contributed by atoms with E-state index in [0.29, 0.717) is 17.9 Å². The molecule has 3 atom stereocenters. The van der Waals surface area contributed by atoms with Crippen LogP contribution in [0, 0.1) is 5.82 Å². The summed E-state index contributed by atoms with van der Waals surface area (Å²) in [6.45, 7) is 2.23. The minimum Gasteiger partial charge on any atom is -0.494 e. The number of hydrogen-bond donors (Lipinski definition) is 3. The molecule has 3 rings (SSSR count). The lowest BCUT2D eigenvalue weighted by atomic mass is 10.0. The van der Waals surface area contributed by atoms with E-state index in [1.165, 1.54) is 13.2 Å². The van der Waals surface area contributed by atoms with Crippen molar-refractivity contribution < 1.29 is 17.5 Å². The molecule has 0 saturated heterocycles. The highest BCUT2D eigenvalue weighted by Gasteiger charge is 2.27. The van der Waals surface area contributed by atoms with Gasteiger partial charge in [-0.25, -0.2) is 27.9 Å². The van der Waals surface area contributed by atoms with E-state index in [0.717, 1.165) is 30.4 Å². The van der Waals surface area contributed by atoms with Crippen LogP contribution < -0.4 is 20.5 Å². The third-order valence-electron chi connectivity index (χ3n) is 5.41. The fourth-order valence-electron chi connectivity index (χ4n) is 3.78. The molecule has 0 amide bonds. The molecule has 164 valence electrons. The van der Waals surface area contributed by atoms with Gasteiger partial charge in [-0.05, 0) is 55.4 Å². The Hall–Kier alpha value is -2.30. The number of nitrogens with one attached hydrogen (secondary N) is 2. The topological polar surface area (TPSA) is 119 Å². The molecule has 3 unspecified atom stereocenters. The fraction of sp³-hybridized carbons (Fsp3) is 0.500. The summed E-state index contributed by atoms with van der Waals surface area (Å²) in [6, 6.07) is 5.35. The van der Waals surface area contributed by atoms with Gasteiger partial charge in [0.1, 0.15) is 0 Å². The highest BCUT2D eigenvalue weighted by molar-refractivity contribution is 7.89. The second kappa shape index (κ2) is 9.67. The molecule has 4 N–H and O–H groups in total. The zero-order chi connectivity index (χ0) is 21.7. The van der Waals surface area contributed by atoms with E-state index in [4.69, 9.17) is 9.88 Å². The summed E-state index contributed by atoms with van der Waals surface area (Å²) < 4.78 is 40.6. The van der Waals surface area contributed by atoms with E-state index >= 15 is 0 Å². The number of primary sulfonamides is 1. The number of rotatable bonds is 9. The lowest BCUT2D eigenvalue weighted by Gasteiger charge is -2.21. The van der Waals surface area contributed by atoms with Crippen LogP contribution in [0.25, 0.3) is 0 Å². The van der Waals surface area contributed by atoms with Crippen molar-refractivity contribution >= 4 is 16.0 Å². The number of hydrogen-bond acceptors (Lipinski definition) is 7. The van der Waals surface area contributed by atoms with Crippen LogP contribution in [-0.4, -0.2) is 43.8 Å². The average Bonchev–Trinajstić information content (AvgIpc) is 3.16. The standard InChI is InChI=1S/C20H28FN5O3S/c1-13(14-4-6-18(21)19(10-14)29-2)26-17-5-3-15(9-17)16-11-24-20(25-12-16)23-7-8-30(22,27)28/h4,6,10-13,15,17,26H,3,5,7-9H2,1-2H3,(H2,22,27,28)(H,23,24,25). The number of aromatic nitrogens is 2. The van der Waals surface area contributed by atoms with Crippen molar-refractivity contribution in [1.29, 1.82) is 0 Å². The first-order valence-corrected chi connectivity index (χ1v) is 11.6. The average molecular weight is 438 g/mol. The Morgan fingerprint density at radius 1 is 1.30 bits per heavy atom. The zero-order valence-electron chi connectivity index (χ0n) is 17.1. The van der Waals surface area contributed by atoms with Crippen LogP contribution in [0.2, 0.25) is 0 Å². The van der Waals surface area contributed by atoms with Crippen LogP contribution in [0.1, 0.15) is 49.3 Å². The molecule has 0 aliphatic heterocycles. The second-order valence-corrected chi connectivity index (χ2v) is 9.36. The van der Waals surface area contributed by atoms with Crippen LogP contribution in [0.15, 0.2) is 30.6 Å². The maximum absolute atomic E-state index is 13.6. The van der Waals surface area contributed by atoms with Crippen molar-refractivity contribution in [1.82, 2.24) is 15.3 Å². The summed E-state index contributed by atoms with van der Waals surface area (Å²) >= 11 is 0. The minimum atomic E-state index is -3.51. The molecule has 2 aromatic rings. The first-order valence-electron chi connectivity index (χ1n) is 9.91. The van der Waals surface area contributed by atoms with Crippen LogP contribution in [-0.2, 0) is 10.0 Å². The normalized spacial score (nSPS) is 20.1. The molecule has 1 fully saturated rings. The van der Waals surface area contributed by atoms with Gasteiger partial charge in [-0.15, -0.1) is 0 Å². The smallest absolute Gasteiger partial charge is 0.222 e. The second-order valence-electron chi connectivity index (χ2n) is 7.62. The van der Waals surface area contributed by atoms with E-state index in [1.807, 2.05) is 0 Å². The van der Waals surface area contributed by atoms with Crippen molar-refractivity contribution in [3.05, 3.63) is 47.5 Å². The van der Waals surface area contributed by atoms with Gasteiger partial charge in [0.15, 0.2) is 11.6 Å². The summed E-state index contributed by atoms with van der Waals surface area (Å²) in [4.78, 5) is 8.55. The molecule has 30 heavy (non-hydrogen) atoms. The number of sulfonamides is 1. The number of halogens is 1.